The van der Waals surface area contributed by atoms with Crippen molar-refractivity contribution in [2.75, 3.05) is 5.73 Å². The van der Waals surface area contributed by atoms with Crippen LogP contribution in [0.4, 0.5) is 11.4 Å². The fraction of sp³-hybridized carbons (Fsp3) is 0.333. The van der Waals surface area contributed by atoms with Crippen molar-refractivity contribution in [3.8, 4) is 11.5 Å². The first-order chi connectivity index (χ1) is 9.11. The Kier molecular flexibility index (Phi) is 3.74. The van der Waals surface area contributed by atoms with Gasteiger partial charge in [-0.15, -0.1) is 0 Å². The summed E-state index contributed by atoms with van der Waals surface area (Å²) >= 11 is 0. The Balaban J connectivity index is 2.26. The molecule has 0 unspecified atom stereocenters. The third-order valence-corrected chi connectivity index (χ3v) is 2.70. The van der Waals surface area contributed by atoms with E-state index < -0.39 is 4.92 Å². The fourth-order valence-electron chi connectivity index (χ4n) is 1.66. The van der Waals surface area contributed by atoms with Crippen LogP contribution in [0.5, 0.6) is 0 Å². The standard InChI is InChI=1S/C12H14N4O3/c1-2-3-4-11-14-12(19-15-11)9-6-5-8(16(17)18)7-10(9)13/h5-7H,2-4,13H2,1H3. The lowest BCUT2D eigenvalue weighted by Crippen LogP contribution is -1.94. The number of nitrogen functional groups attached to an aromatic ring is 1. The number of benzene rings is 1. The minimum absolute atomic E-state index is 0.0630. The zero-order chi connectivity index (χ0) is 13.8. The van der Waals surface area contributed by atoms with Gasteiger partial charge in [-0.2, -0.15) is 4.98 Å². The fourth-order valence-corrected chi connectivity index (χ4v) is 1.66. The highest BCUT2D eigenvalue weighted by atomic mass is 16.6. The zero-order valence-corrected chi connectivity index (χ0v) is 10.5. The maximum atomic E-state index is 10.6. The predicted octanol–water partition coefficient (Wildman–Crippen LogP) is 2.57. The van der Waals surface area contributed by atoms with Gasteiger partial charge in [-0.3, -0.25) is 10.1 Å². The molecule has 0 spiro atoms. The molecule has 0 radical (unpaired) electrons. The van der Waals surface area contributed by atoms with Gasteiger partial charge < -0.3 is 10.3 Å². The number of unbranched alkanes of at least 4 members (excludes halogenated alkanes) is 1. The van der Waals surface area contributed by atoms with E-state index in [1.54, 1.807) is 0 Å². The van der Waals surface area contributed by atoms with E-state index >= 15 is 0 Å². The van der Waals surface area contributed by atoms with Crippen LogP contribution in [0.25, 0.3) is 11.5 Å². The number of aromatic nitrogens is 2. The molecule has 19 heavy (non-hydrogen) atoms. The molecule has 100 valence electrons. The summed E-state index contributed by atoms with van der Waals surface area (Å²) in [5.74, 6) is 0.910. The van der Waals surface area contributed by atoms with Crippen LogP contribution < -0.4 is 5.73 Å². The Morgan fingerprint density at radius 1 is 1.47 bits per heavy atom. The lowest BCUT2D eigenvalue weighted by molar-refractivity contribution is -0.384. The number of nitro benzene ring substituents is 1. The maximum absolute atomic E-state index is 10.6. The van der Waals surface area contributed by atoms with Gasteiger partial charge in [0.05, 0.1) is 16.2 Å². The highest BCUT2D eigenvalue weighted by Gasteiger charge is 2.15. The van der Waals surface area contributed by atoms with Gasteiger partial charge in [0.15, 0.2) is 5.82 Å². The van der Waals surface area contributed by atoms with Crippen LogP contribution in [0.15, 0.2) is 22.7 Å². The minimum Gasteiger partial charge on any atom is -0.398 e. The molecule has 0 aliphatic carbocycles. The smallest absolute Gasteiger partial charge is 0.271 e. The molecule has 1 aromatic carbocycles. The molecule has 0 aliphatic rings. The summed E-state index contributed by atoms with van der Waals surface area (Å²) in [5.41, 5.74) is 6.47. The molecule has 2 N–H and O–H groups in total. The van der Waals surface area contributed by atoms with Crippen molar-refractivity contribution in [2.45, 2.75) is 26.2 Å². The van der Waals surface area contributed by atoms with E-state index in [1.807, 2.05) is 0 Å². The van der Waals surface area contributed by atoms with Crippen molar-refractivity contribution in [1.82, 2.24) is 10.1 Å². The number of rotatable bonds is 5. The molecule has 0 saturated heterocycles. The molecule has 0 fully saturated rings. The zero-order valence-electron chi connectivity index (χ0n) is 10.5. The number of aryl methyl sites for hydroxylation is 1. The molecular formula is C12H14N4O3. The van der Waals surface area contributed by atoms with Crippen LogP contribution in [-0.2, 0) is 6.42 Å². The minimum atomic E-state index is -0.499. The second-order valence-corrected chi connectivity index (χ2v) is 4.15. The van der Waals surface area contributed by atoms with Crippen molar-refractivity contribution in [2.24, 2.45) is 0 Å². The van der Waals surface area contributed by atoms with Crippen molar-refractivity contribution >= 4 is 11.4 Å². The highest BCUT2D eigenvalue weighted by Crippen LogP contribution is 2.28. The Labute approximate surface area is 109 Å². The SMILES string of the molecule is CCCCc1noc(-c2ccc([N+](=O)[O-])cc2N)n1. The summed E-state index contributed by atoms with van der Waals surface area (Å²) in [6, 6.07) is 4.16. The summed E-state index contributed by atoms with van der Waals surface area (Å²) in [6.07, 6.45) is 2.77. The lowest BCUT2D eigenvalue weighted by Gasteiger charge is -1.99. The third-order valence-electron chi connectivity index (χ3n) is 2.70. The molecular weight excluding hydrogens is 248 g/mol. The molecule has 7 nitrogen and oxygen atoms in total. The number of hydrogen-bond acceptors (Lipinski definition) is 6. The highest BCUT2D eigenvalue weighted by molar-refractivity contribution is 5.72. The van der Waals surface area contributed by atoms with Crippen LogP contribution in [0.3, 0.4) is 0 Å². The van der Waals surface area contributed by atoms with E-state index in [1.165, 1.54) is 18.2 Å². The number of nitrogens with zero attached hydrogens (tertiary/aromatic N) is 3. The van der Waals surface area contributed by atoms with Gasteiger partial charge in [0.1, 0.15) is 0 Å². The third kappa shape index (κ3) is 2.87. The Morgan fingerprint density at radius 3 is 2.89 bits per heavy atom. The summed E-state index contributed by atoms with van der Waals surface area (Å²) < 4.78 is 5.12. The molecule has 2 rings (SSSR count). The quantitative estimate of drug-likeness (QED) is 0.504. The Morgan fingerprint density at radius 2 is 2.26 bits per heavy atom. The number of hydrogen-bond donors (Lipinski definition) is 1. The number of anilines is 1. The average molecular weight is 262 g/mol. The average Bonchev–Trinajstić information content (AvgIpc) is 2.84. The van der Waals surface area contributed by atoms with E-state index in [0.29, 0.717) is 17.3 Å². The summed E-state index contributed by atoms with van der Waals surface area (Å²) in [6.45, 7) is 2.08. The summed E-state index contributed by atoms with van der Waals surface area (Å²) in [4.78, 5) is 14.3. The van der Waals surface area contributed by atoms with Crippen LogP contribution in [0.2, 0.25) is 0 Å². The van der Waals surface area contributed by atoms with Gasteiger partial charge in [-0.05, 0) is 12.5 Å². The molecule has 0 saturated carbocycles. The van der Waals surface area contributed by atoms with Gasteiger partial charge in [-0.1, -0.05) is 18.5 Å². The number of nitrogens with two attached hydrogens (primary N) is 1. The van der Waals surface area contributed by atoms with Crippen molar-refractivity contribution < 1.29 is 9.45 Å². The first-order valence-corrected chi connectivity index (χ1v) is 5.98. The summed E-state index contributed by atoms with van der Waals surface area (Å²) in [7, 11) is 0. The van der Waals surface area contributed by atoms with Crippen molar-refractivity contribution in [3.63, 3.8) is 0 Å². The Hall–Kier alpha value is -2.44. The topological polar surface area (TPSA) is 108 Å². The second-order valence-electron chi connectivity index (χ2n) is 4.15. The van der Waals surface area contributed by atoms with Crippen molar-refractivity contribution in [3.05, 3.63) is 34.1 Å². The molecule has 1 aromatic heterocycles. The van der Waals surface area contributed by atoms with Gasteiger partial charge in [0.25, 0.3) is 11.6 Å². The number of nitro groups is 1. The van der Waals surface area contributed by atoms with E-state index in [9.17, 15) is 10.1 Å². The number of non-ortho nitro benzene ring substituents is 1. The summed E-state index contributed by atoms with van der Waals surface area (Å²) in [5, 5.41) is 14.5. The molecule has 0 atom stereocenters. The molecule has 7 heteroatoms. The van der Waals surface area contributed by atoms with Crippen LogP contribution >= 0.6 is 0 Å². The first kappa shape index (κ1) is 13.0. The van der Waals surface area contributed by atoms with Gasteiger partial charge >= 0.3 is 0 Å². The van der Waals surface area contributed by atoms with E-state index in [4.69, 9.17) is 10.3 Å². The molecule has 0 bridgehead atoms. The van der Waals surface area contributed by atoms with Crippen LogP contribution in [0.1, 0.15) is 25.6 Å². The van der Waals surface area contributed by atoms with Gasteiger partial charge in [0, 0.05) is 18.6 Å². The van der Waals surface area contributed by atoms with Crippen LogP contribution in [-0.4, -0.2) is 15.1 Å². The van der Waals surface area contributed by atoms with Gasteiger partial charge in [-0.25, -0.2) is 0 Å². The molecule has 0 aliphatic heterocycles. The second kappa shape index (κ2) is 5.47. The lowest BCUT2D eigenvalue weighted by atomic mass is 10.1. The largest absolute Gasteiger partial charge is 0.398 e. The first-order valence-electron chi connectivity index (χ1n) is 5.98. The molecule has 0 amide bonds. The van der Waals surface area contributed by atoms with E-state index in [-0.39, 0.29) is 11.4 Å². The van der Waals surface area contributed by atoms with Crippen molar-refractivity contribution in [1.29, 1.82) is 0 Å². The van der Waals surface area contributed by atoms with E-state index in [0.717, 1.165) is 19.3 Å². The normalized spacial score (nSPS) is 10.6. The predicted molar refractivity (Wildman–Crippen MR) is 69.4 cm³/mol. The monoisotopic (exact) mass is 262 g/mol. The molecule has 1 heterocycles. The molecule has 2 aromatic rings. The van der Waals surface area contributed by atoms with E-state index in [2.05, 4.69) is 17.1 Å². The Bertz CT molecular complexity index is 594. The van der Waals surface area contributed by atoms with Gasteiger partial charge in [0.2, 0.25) is 0 Å². The van der Waals surface area contributed by atoms with Crippen LogP contribution in [0, 0.1) is 10.1 Å². The maximum Gasteiger partial charge on any atom is 0.271 e.